The van der Waals surface area contributed by atoms with Gasteiger partial charge >= 0.3 is 6.18 Å². The molecule has 2 aromatic carbocycles. The maximum Gasteiger partial charge on any atom is 0.419 e. The summed E-state index contributed by atoms with van der Waals surface area (Å²) in [5.41, 5.74) is 0.595. The third-order valence-electron chi connectivity index (χ3n) is 5.15. The maximum atomic E-state index is 13.6. The van der Waals surface area contributed by atoms with E-state index >= 15 is 0 Å². The second-order valence-electron chi connectivity index (χ2n) is 7.68. The van der Waals surface area contributed by atoms with E-state index in [-0.39, 0.29) is 17.1 Å². The number of alkyl halides is 3. The van der Waals surface area contributed by atoms with Gasteiger partial charge in [0, 0.05) is 24.6 Å². The van der Waals surface area contributed by atoms with Crippen LogP contribution in [0.3, 0.4) is 0 Å². The summed E-state index contributed by atoms with van der Waals surface area (Å²) in [6.07, 6.45) is -1.89. The Morgan fingerprint density at radius 2 is 1.74 bits per heavy atom. The molecule has 0 aliphatic heterocycles. The van der Waals surface area contributed by atoms with Crippen molar-refractivity contribution < 1.29 is 26.3 Å². The smallest absolute Gasteiger partial charge is 0.419 e. The second kappa shape index (κ2) is 9.11. The highest BCUT2D eigenvalue weighted by Crippen LogP contribution is 2.36. The van der Waals surface area contributed by atoms with Crippen LogP contribution >= 0.6 is 0 Å². The first kappa shape index (κ1) is 23.8. The number of sulfone groups is 1. The van der Waals surface area contributed by atoms with E-state index < -0.39 is 21.6 Å². The number of fused-ring (bicyclic) bond motifs is 1. The number of nitrogens with zero attached hydrogens (tertiary/aromatic N) is 2. The first-order valence-corrected chi connectivity index (χ1v) is 12.3. The highest BCUT2D eigenvalue weighted by molar-refractivity contribution is 7.90. The third-order valence-corrected chi connectivity index (χ3v) is 6.26. The van der Waals surface area contributed by atoms with Gasteiger partial charge in [0.05, 0.1) is 21.8 Å². The van der Waals surface area contributed by atoms with Gasteiger partial charge in [-0.2, -0.15) is 13.2 Å². The Morgan fingerprint density at radius 1 is 1.03 bits per heavy atom. The van der Waals surface area contributed by atoms with E-state index in [1.54, 1.807) is 42.6 Å². The zero-order valence-electron chi connectivity index (χ0n) is 18.4. The van der Waals surface area contributed by atoms with Gasteiger partial charge in [0.15, 0.2) is 9.84 Å². The summed E-state index contributed by atoms with van der Waals surface area (Å²) in [7, 11) is -3.41. The molecule has 0 bridgehead atoms. The molecule has 2 aromatic heterocycles. The molecule has 0 saturated carbocycles. The molecular formula is C24H22F3N3O3S. The van der Waals surface area contributed by atoms with Crippen LogP contribution in [-0.2, 0) is 22.6 Å². The van der Waals surface area contributed by atoms with Gasteiger partial charge in [0.1, 0.15) is 17.1 Å². The number of aromatic nitrogens is 2. The van der Waals surface area contributed by atoms with E-state index in [1.165, 1.54) is 22.6 Å². The van der Waals surface area contributed by atoms with E-state index in [0.29, 0.717) is 35.0 Å². The summed E-state index contributed by atoms with van der Waals surface area (Å²) < 4.78 is 71.8. The van der Waals surface area contributed by atoms with Crippen LogP contribution in [0.5, 0.6) is 11.5 Å². The van der Waals surface area contributed by atoms with Gasteiger partial charge < -0.3 is 10.1 Å². The zero-order valence-corrected chi connectivity index (χ0v) is 19.2. The third kappa shape index (κ3) is 4.92. The Bertz CT molecular complexity index is 1450. The lowest BCUT2D eigenvalue weighted by molar-refractivity contribution is -0.136. The Labute approximate surface area is 194 Å². The molecule has 6 nitrogen and oxygen atoms in total. The molecule has 0 unspecified atom stereocenters. The molecule has 0 radical (unpaired) electrons. The Kier molecular flexibility index (Phi) is 6.37. The predicted octanol–water partition coefficient (Wildman–Crippen LogP) is 5.33. The molecule has 4 rings (SSSR count). The minimum atomic E-state index is -4.55. The second-order valence-corrected chi connectivity index (χ2v) is 9.69. The molecule has 1 N–H and O–H groups in total. The molecule has 10 heteroatoms. The molecule has 2 heterocycles. The topological polar surface area (TPSA) is 72.7 Å². The summed E-state index contributed by atoms with van der Waals surface area (Å²) in [6, 6.07) is 15.3. The van der Waals surface area contributed by atoms with Crippen LogP contribution in [0.15, 0.2) is 71.8 Å². The molecule has 4 aromatic rings. The van der Waals surface area contributed by atoms with Crippen molar-refractivity contribution in [3.63, 3.8) is 0 Å². The van der Waals surface area contributed by atoms with Crippen LogP contribution in [-0.4, -0.2) is 30.6 Å². The van der Waals surface area contributed by atoms with Crippen molar-refractivity contribution in [2.24, 2.45) is 0 Å². The molecule has 0 amide bonds. The van der Waals surface area contributed by atoms with Crippen LogP contribution in [0.4, 0.5) is 13.2 Å². The molecule has 0 spiro atoms. The zero-order chi connectivity index (χ0) is 24.5. The fourth-order valence-electron chi connectivity index (χ4n) is 3.62. The Balaban J connectivity index is 1.80. The number of hydrogen-bond donors (Lipinski definition) is 1. The van der Waals surface area contributed by atoms with Crippen LogP contribution in [0, 0.1) is 0 Å². The normalized spacial score (nSPS) is 12.3. The van der Waals surface area contributed by atoms with Crippen molar-refractivity contribution in [3.8, 4) is 22.8 Å². The average Bonchev–Trinajstić information content (AvgIpc) is 3.15. The number of ether oxygens (including phenoxy) is 1. The van der Waals surface area contributed by atoms with E-state index in [1.807, 2.05) is 6.92 Å². The van der Waals surface area contributed by atoms with E-state index in [2.05, 4.69) is 10.3 Å². The Morgan fingerprint density at radius 3 is 2.41 bits per heavy atom. The largest absolute Gasteiger partial charge is 0.457 e. The minimum absolute atomic E-state index is 0.121. The lowest BCUT2D eigenvalue weighted by atomic mass is 10.1. The van der Waals surface area contributed by atoms with Crippen LogP contribution < -0.4 is 10.1 Å². The van der Waals surface area contributed by atoms with Crippen LogP contribution in [0.1, 0.15) is 18.2 Å². The summed E-state index contributed by atoms with van der Waals surface area (Å²) in [6.45, 7) is 2.81. The first-order chi connectivity index (χ1) is 16.1. The van der Waals surface area contributed by atoms with Gasteiger partial charge in [-0.15, -0.1) is 0 Å². The highest BCUT2D eigenvalue weighted by atomic mass is 32.2. The standard InChI is InChI=1S/C24H22F3N3O3S/c1-3-28-15-21-22(30-12-6-11-20(23(30)29-21)24(25,26)27)16-7-4-8-17(13-16)33-18-9-5-10-19(14-18)34(2,31)32/h4-14,28H,3,15H2,1-2H3. The molecular weight excluding hydrogens is 467 g/mol. The van der Waals surface area contributed by atoms with E-state index in [4.69, 9.17) is 4.74 Å². The molecule has 0 fully saturated rings. The number of benzene rings is 2. The quantitative estimate of drug-likeness (QED) is 0.380. The number of imidazole rings is 1. The van der Waals surface area contributed by atoms with Gasteiger partial charge in [0.2, 0.25) is 0 Å². The van der Waals surface area contributed by atoms with E-state index in [9.17, 15) is 21.6 Å². The number of hydrogen-bond acceptors (Lipinski definition) is 5. The van der Waals surface area contributed by atoms with Crippen molar-refractivity contribution in [1.82, 2.24) is 14.7 Å². The van der Waals surface area contributed by atoms with Crippen LogP contribution in [0.25, 0.3) is 16.9 Å². The molecule has 0 saturated heterocycles. The number of rotatable bonds is 7. The van der Waals surface area contributed by atoms with Crippen molar-refractivity contribution in [2.75, 3.05) is 12.8 Å². The summed E-state index contributed by atoms with van der Waals surface area (Å²) in [5.74, 6) is 0.727. The van der Waals surface area contributed by atoms with Gasteiger partial charge in [-0.05, 0) is 49.0 Å². The van der Waals surface area contributed by atoms with Crippen molar-refractivity contribution >= 4 is 15.5 Å². The van der Waals surface area contributed by atoms with Gasteiger partial charge in [-0.1, -0.05) is 25.1 Å². The fourth-order valence-corrected chi connectivity index (χ4v) is 4.28. The van der Waals surface area contributed by atoms with Crippen molar-refractivity contribution in [3.05, 3.63) is 78.1 Å². The molecule has 34 heavy (non-hydrogen) atoms. The molecule has 0 atom stereocenters. The highest BCUT2D eigenvalue weighted by Gasteiger charge is 2.34. The summed E-state index contributed by atoms with van der Waals surface area (Å²) >= 11 is 0. The Hall–Kier alpha value is -3.37. The summed E-state index contributed by atoms with van der Waals surface area (Å²) in [4.78, 5) is 4.44. The monoisotopic (exact) mass is 489 g/mol. The lowest BCUT2D eigenvalue weighted by Crippen LogP contribution is -2.12. The van der Waals surface area contributed by atoms with Gasteiger partial charge in [0.25, 0.3) is 0 Å². The number of pyridine rings is 1. The molecule has 0 aliphatic carbocycles. The molecule has 178 valence electrons. The SMILES string of the molecule is CCNCc1nc2c(C(F)(F)F)cccn2c1-c1cccc(Oc2cccc(S(C)(=O)=O)c2)c1. The summed E-state index contributed by atoms with van der Waals surface area (Å²) in [5, 5.41) is 3.12. The first-order valence-electron chi connectivity index (χ1n) is 10.4. The number of halogens is 3. The lowest BCUT2D eigenvalue weighted by Gasteiger charge is -2.11. The van der Waals surface area contributed by atoms with Gasteiger partial charge in [-0.3, -0.25) is 4.40 Å². The minimum Gasteiger partial charge on any atom is -0.457 e. The molecule has 0 aliphatic rings. The van der Waals surface area contributed by atoms with Gasteiger partial charge in [-0.25, -0.2) is 13.4 Å². The predicted molar refractivity (Wildman–Crippen MR) is 123 cm³/mol. The van der Waals surface area contributed by atoms with E-state index in [0.717, 1.165) is 12.3 Å². The van der Waals surface area contributed by atoms with Crippen molar-refractivity contribution in [1.29, 1.82) is 0 Å². The van der Waals surface area contributed by atoms with Crippen LogP contribution in [0.2, 0.25) is 0 Å². The fraction of sp³-hybridized carbons (Fsp3) is 0.208. The van der Waals surface area contributed by atoms with Crippen molar-refractivity contribution in [2.45, 2.75) is 24.5 Å². The maximum absolute atomic E-state index is 13.6. The average molecular weight is 490 g/mol. The number of nitrogens with one attached hydrogen (secondary N) is 1.